The van der Waals surface area contributed by atoms with Gasteiger partial charge in [-0.3, -0.25) is 0 Å². The number of benzene rings is 3. The second-order valence-electron chi connectivity index (χ2n) is 6.51. The molecule has 0 bridgehead atoms. The van der Waals surface area contributed by atoms with Crippen molar-refractivity contribution in [3.8, 4) is 28.0 Å². The normalized spacial score (nSPS) is 10.7. The Labute approximate surface area is 163 Å². The first kappa shape index (κ1) is 19.7. The highest BCUT2D eigenvalue weighted by molar-refractivity contribution is 5.71. The lowest BCUT2D eigenvalue weighted by Gasteiger charge is -2.11. The number of halogens is 3. The first-order valence-corrected chi connectivity index (χ1v) is 9.15. The third-order valence-electron chi connectivity index (χ3n) is 4.45. The lowest BCUT2D eigenvalue weighted by molar-refractivity contribution is 0.321. The zero-order chi connectivity index (χ0) is 20.1. The molecule has 0 N–H and O–H groups in total. The van der Waals surface area contributed by atoms with E-state index in [-0.39, 0.29) is 17.7 Å². The summed E-state index contributed by atoms with van der Waals surface area (Å²) in [5.41, 5.74) is 3.06. The Hall–Kier alpha value is -3.01. The maximum absolute atomic E-state index is 14.7. The van der Waals surface area contributed by atoms with Crippen molar-refractivity contribution in [2.24, 2.45) is 0 Å². The van der Waals surface area contributed by atoms with Gasteiger partial charge in [-0.2, -0.15) is 0 Å². The molecule has 3 aromatic rings. The van der Waals surface area contributed by atoms with Gasteiger partial charge in [0.2, 0.25) is 0 Å². The van der Waals surface area contributed by atoms with Crippen LogP contribution in [0, 0.1) is 17.5 Å². The largest absolute Gasteiger partial charge is 0.483 e. The van der Waals surface area contributed by atoms with Gasteiger partial charge in [0.25, 0.3) is 0 Å². The number of aryl methyl sites for hydroxylation is 1. The van der Waals surface area contributed by atoms with Gasteiger partial charge < -0.3 is 4.74 Å². The van der Waals surface area contributed by atoms with E-state index >= 15 is 0 Å². The zero-order valence-electron chi connectivity index (χ0n) is 15.6. The van der Waals surface area contributed by atoms with E-state index in [4.69, 9.17) is 4.74 Å². The molecule has 0 saturated carbocycles. The molecule has 4 heteroatoms. The van der Waals surface area contributed by atoms with Gasteiger partial charge in [-0.25, -0.2) is 13.2 Å². The predicted octanol–water partition coefficient (Wildman–Crippen LogP) is 6.96. The van der Waals surface area contributed by atoms with Crippen molar-refractivity contribution in [3.63, 3.8) is 0 Å². The van der Waals surface area contributed by atoms with Crippen molar-refractivity contribution in [2.75, 3.05) is 6.61 Å². The first-order chi connectivity index (χ1) is 13.5. The monoisotopic (exact) mass is 382 g/mol. The molecule has 0 aliphatic heterocycles. The maximum Gasteiger partial charge on any atom is 0.191 e. The molecule has 0 aliphatic carbocycles. The Balaban J connectivity index is 1.91. The average molecular weight is 382 g/mol. The van der Waals surface area contributed by atoms with Crippen LogP contribution in [0.5, 0.6) is 5.75 Å². The quantitative estimate of drug-likeness (QED) is 0.402. The second kappa shape index (κ2) is 8.79. The lowest BCUT2D eigenvalue weighted by atomic mass is 9.98. The van der Waals surface area contributed by atoms with Crippen LogP contribution in [-0.4, -0.2) is 6.61 Å². The summed E-state index contributed by atoms with van der Waals surface area (Å²) in [5.74, 6) is -2.81. The minimum absolute atomic E-state index is 0.0205. The fraction of sp³-hybridized carbons (Fsp3) is 0.167. The molecule has 0 saturated heterocycles. The van der Waals surface area contributed by atoms with Crippen molar-refractivity contribution < 1.29 is 17.9 Å². The van der Waals surface area contributed by atoms with Crippen molar-refractivity contribution in [1.29, 1.82) is 0 Å². The molecule has 0 aliphatic rings. The first-order valence-electron chi connectivity index (χ1n) is 9.15. The summed E-state index contributed by atoms with van der Waals surface area (Å²) < 4.78 is 48.0. The van der Waals surface area contributed by atoms with Crippen LogP contribution in [0.15, 0.2) is 67.3 Å². The van der Waals surface area contributed by atoms with Gasteiger partial charge in [-0.05, 0) is 46.9 Å². The van der Waals surface area contributed by atoms with Crippen LogP contribution in [0.3, 0.4) is 0 Å². The number of ether oxygens (including phenoxy) is 1. The molecule has 3 rings (SSSR count). The van der Waals surface area contributed by atoms with Crippen LogP contribution in [0.4, 0.5) is 13.2 Å². The Morgan fingerprint density at radius 3 is 2.00 bits per heavy atom. The van der Waals surface area contributed by atoms with E-state index in [1.807, 2.05) is 24.3 Å². The van der Waals surface area contributed by atoms with E-state index in [1.54, 1.807) is 6.07 Å². The summed E-state index contributed by atoms with van der Waals surface area (Å²) in [6.07, 6.45) is 3.45. The number of hydrogen-bond donors (Lipinski definition) is 0. The minimum atomic E-state index is -0.883. The molecule has 0 heterocycles. The maximum atomic E-state index is 14.7. The highest BCUT2D eigenvalue weighted by Crippen LogP contribution is 2.32. The molecule has 0 fully saturated rings. The van der Waals surface area contributed by atoms with Crippen molar-refractivity contribution >= 4 is 0 Å². The Bertz CT molecular complexity index is 955. The molecular formula is C24H21F3O. The van der Waals surface area contributed by atoms with Gasteiger partial charge in [0.1, 0.15) is 12.4 Å². The fourth-order valence-electron chi connectivity index (χ4n) is 3.08. The van der Waals surface area contributed by atoms with Crippen LogP contribution in [0.2, 0.25) is 0 Å². The van der Waals surface area contributed by atoms with Gasteiger partial charge in [-0.15, -0.1) is 0 Å². The summed E-state index contributed by atoms with van der Waals surface area (Å²) in [6, 6.07) is 14.7. The summed E-state index contributed by atoms with van der Waals surface area (Å²) in [6.45, 7) is 5.54. The molecular weight excluding hydrogens is 361 g/mol. The van der Waals surface area contributed by atoms with Gasteiger partial charge in [0, 0.05) is 5.56 Å². The van der Waals surface area contributed by atoms with Gasteiger partial charge in [0.05, 0.1) is 0 Å². The molecule has 28 heavy (non-hydrogen) atoms. The SMILES string of the molecule is C=CCOc1c(F)cc(-c2ccc(-c3ccc(CCC)cc3)cc2F)cc1F. The van der Waals surface area contributed by atoms with E-state index in [0.29, 0.717) is 5.56 Å². The Morgan fingerprint density at radius 2 is 1.43 bits per heavy atom. The third kappa shape index (κ3) is 4.28. The van der Waals surface area contributed by atoms with Crippen LogP contribution < -0.4 is 4.74 Å². The van der Waals surface area contributed by atoms with Crippen LogP contribution >= 0.6 is 0 Å². The zero-order valence-corrected chi connectivity index (χ0v) is 15.6. The van der Waals surface area contributed by atoms with Gasteiger partial charge >= 0.3 is 0 Å². The van der Waals surface area contributed by atoms with E-state index in [9.17, 15) is 13.2 Å². The third-order valence-corrected chi connectivity index (χ3v) is 4.45. The van der Waals surface area contributed by atoms with E-state index in [0.717, 1.165) is 30.5 Å². The predicted molar refractivity (Wildman–Crippen MR) is 107 cm³/mol. The number of hydrogen-bond acceptors (Lipinski definition) is 1. The summed E-state index contributed by atoms with van der Waals surface area (Å²) in [5, 5.41) is 0. The Morgan fingerprint density at radius 1 is 0.821 bits per heavy atom. The molecule has 1 nitrogen and oxygen atoms in total. The average Bonchev–Trinajstić information content (AvgIpc) is 2.68. The lowest BCUT2D eigenvalue weighted by Crippen LogP contribution is -1.99. The fourth-order valence-corrected chi connectivity index (χ4v) is 3.08. The second-order valence-corrected chi connectivity index (χ2v) is 6.51. The number of rotatable bonds is 7. The summed E-state index contributed by atoms with van der Waals surface area (Å²) in [7, 11) is 0. The molecule has 3 aromatic carbocycles. The van der Waals surface area contributed by atoms with E-state index in [1.165, 1.54) is 23.8 Å². The summed E-state index contributed by atoms with van der Waals surface area (Å²) in [4.78, 5) is 0. The van der Waals surface area contributed by atoms with Crippen LogP contribution in [-0.2, 0) is 6.42 Å². The molecule has 0 amide bonds. The van der Waals surface area contributed by atoms with E-state index in [2.05, 4.69) is 13.5 Å². The van der Waals surface area contributed by atoms with Crippen molar-refractivity contribution in [3.05, 3.63) is 90.3 Å². The van der Waals surface area contributed by atoms with Crippen LogP contribution in [0.1, 0.15) is 18.9 Å². The van der Waals surface area contributed by atoms with Gasteiger partial charge in [0.15, 0.2) is 17.4 Å². The molecule has 0 radical (unpaired) electrons. The minimum Gasteiger partial charge on any atom is -0.483 e. The molecule has 144 valence electrons. The Kier molecular flexibility index (Phi) is 6.19. The van der Waals surface area contributed by atoms with E-state index < -0.39 is 23.2 Å². The molecule has 0 aromatic heterocycles. The highest BCUT2D eigenvalue weighted by atomic mass is 19.1. The molecule has 0 spiro atoms. The molecule has 0 unspecified atom stereocenters. The summed E-state index contributed by atoms with van der Waals surface area (Å²) >= 11 is 0. The van der Waals surface area contributed by atoms with Crippen molar-refractivity contribution in [2.45, 2.75) is 19.8 Å². The van der Waals surface area contributed by atoms with Crippen molar-refractivity contribution in [1.82, 2.24) is 0 Å². The molecule has 0 atom stereocenters. The standard InChI is InChI=1S/C24H21F3O/c1-3-5-16-6-8-17(9-7-16)18-10-11-20(21(25)13-18)19-14-22(26)24(23(27)15-19)28-12-4-2/h4,6-11,13-15H,2-3,5,12H2,1H3. The highest BCUT2D eigenvalue weighted by Gasteiger charge is 2.16. The topological polar surface area (TPSA) is 9.23 Å². The van der Waals surface area contributed by atoms with Crippen LogP contribution in [0.25, 0.3) is 22.3 Å². The smallest absolute Gasteiger partial charge is 0.191 e. The van der Waals surface area contributed by atoms with Gasteiger partial charge in [-0.1, -0.05) is 62.4 Å².